The van der Waals surface area contributed by atoms with E-state index in [1.807, 2.05) is 5.32 Å². The first kappa shape index (κ1) is 17.6. The van der Waals surface area contributed by atoms with Crippen LogP contribution in [0.3, 0.4) is 0 Å². The number of carbonyl (C=O) groups excluding carboxylic acids is 2. The maximum atomic E-state index is 12.9. The monoisotopic (exact) mass is 309 g/mol. The van der Waals surface area contributed by atoms with Crippen molar-refractivity contribution in [2.45, 2.75) is 63.7 Å². The maximum Gasteiger partial charge on any atom is 0.408 e. The molecule has 0 aliphatic heterocycles. The third-order valence-corrected chi connectivity index (χ3v) is 4.05. The van der Waals surface area contributed by atoms with Gasteiger partial charge in [-0.25, -0.2) is 4.79 Å². The molecule has 0 heterocycles. The Morgan fingerprint density at radius 3 is 2.24 bits per heavy atom. The molecular weight excluding hydrogens is 287 g/mol. The summed E-state index contributed by atoms with van der Waals surface area (Å²) in [5, 5.41) is 4.47. The minimum atomic E-state index is -4.51. The maximum absolute atomic E-state index is 12.9. The number of nitrogens with two attached hydrogens (primary N) is 1. The molecule has 0 spiro atoms. The van der Waals surface area contributed by atoms with Crippen molar-refractivity contribution < 1.29 is 22.8 Å². The smallest absolute Gasteiger partial charge is 0.370 e. The van der Waals surface area contributed by atoms with E-state index >= 15 is 0 Å². The number of rotatable bonds is 6. The summed E-state index contributed by atoms with van der Waals surface area (Å²) < 4.78 is 38.8. The van der Waals surface area contributed by atoms with E-state index in [-0.39, 0.29) is 12.8 Å². The summed E-state index contributed by atoms with van der Waals surface area (Å²) in [6.45, 7) is 3.06. The van der Waals surface area contributed by atoms with Crippen molar-refractivity contribution in [3.63, 3.8) is 0 Å². The van der Waals surface area contributed by atoms with E-state index < -0.39 is 35.6 Å². The lowest BCUT2D eigenvalue weighted by Gasteiger charge is -2.42. The fraction of sp³-hybridized carbons (Fsp3) is 0.846. The van der Waals surface area contributed by atoms with Gasteiger partial charge in [-0.1, -0.05) is 20.3 Å². The van der Waals surface area contributed by atoms with Crippen molar-refractivity contribution in [2.24, 2.45) is 11.7 Å². The summed E-state index contributed by atoms with van der Waals surface area (Å²) in [5.41, 5.74) is 4.32. The number of hydrogen-bond acceptors (Lipinski definition) is 2. The van der Waals surface area contributed by atoms with Gasteiger partial charge < -0.3 is 16.4 Å². The van der Waals surface area contributed by atoms with Gasteiger partial charge in [0.05, 0.1) is 5.54 Å². The molecule has 1 aliphatic rings. The molecule has 1 fully saturated rings. The standard InChI is InChI=1S/C13H22F3N3O2/c1-3-8(2)10(13(14,15)16)18-11(21)19-12(5-4-6-12)7-9(17)20/h8,10H,3-7H2,1-2H3,(H2,17,20)(H2,18,19,21)/t8-,10-/m0/s1. The second-order valence-electron chi connectivity index (χ2n) is 5.78. The van der Waals surface area contributed by atoms with Crippen LogP contribution in [0.25, 0.3) is 0 Å². The Morgan fingerprint density at radius 2 is 1.90 bits per heavy atom. The number of urea groups is 1. The van der Waals surface area contributed by atoms with Crippen LogP contribution in [-0.4, -0.2) is 29.7 Å². The first-order chi connectivity index (χ1) is 9.59. The van der Waals surface area contributed by atoms with E-state index in [9.17, 15) is 22.8 Å². The molecule has 0 bridgehead atoms. The van der Waals surface area contributed by atoms with Crippen molar-refractivity contribution in [1.29, 1.82) is 0 Å². The van der Waals surface area contributed by atoms with Crippen LogP contribution in [-0.2, 0) is 4.79 Å². The van der Waals surface area contributed by atoms with Crippen LogP contribution in [0.5, 0.6) is 0 Å². The Balaban J connectivity index is 2.67. The highest BCUT2D eigenvalue weighted by Crippen LogP contribution is 2.35. The van der Waals surface area contributed by atoms with Gasteiger partial charge in [-0.15, -0.1) is 0 Å². The predicted octanol–water partition coefficient (Wildman–Crippen LogP) is 2.06. The summed E-state index contributed by atoms with van der Waals surface area (Å²) in [4.78, 5) is 22.8. The van der Waals surface area contributed by atoms with Crippen LogP contribution in [0.2, 0.25) is 0 Å². The molecule has 122 valence electrons. The molecule has 0 aromatic rings. The highest BCUT2D eigenvalue weighted by Gasteiger charge is 2.45. The van der Waals surface area contributed by atoms with Gasteiger partial charge in [0, 0.05) is 6.42 Å². The van der Waals surface area contributed by atoms with Gasteiger partial charge in [0.1, 0.15) is 6.04 Å². The summed E-state index contributed by atoms with van der Waals surface area (Å²) in [5.74, 6) is -1.31. The van der Waals surface area contributed by atoms with Gasteiger partial charge in [-0.3, -0.25) is 4.79 Å². The topological polar surface area (TPSA) is 84.2 Å². The van der Waals surface area contributed by atoms with E-state index in [0.29, 0.717) is 12.8 Å². The number of alkyl halides is 3. The summed E-state index contributed by atoms with van der Waals surface area (Å²) >= 11 is 0. The number of carbonyl (C=O) groups is 2. The summed E-state index contributed by atoms with van der Waals surface area (Å²) in [6, 6.07) is -2.81. The minimum Gasteiger partial charge on any atom is -0.370 e. The minimum absolute atomic E-state index is 0.0551. The van der Waals surface area contributed by atoms with Crippen molar-refractivity contribution in [3.8, 4) is 0 Å². The lowest BCUT2D eigenvalue weighted by atomic mass is 9.74. The molecular formula is C13H22F3N3O2. The largest absolute Gasteiger partial charge is 0.408 e. The zero-order valence-electron chi connectivity index (χ0n) is 12.2. The highest BCUT2D eigenvalue weighted by molar-refractivity contribution is 5.79. The Hall–Kier alpha value is -1.47. The first-order valence-corrected chi connectivity index (χ1v) is 7.03. The summed E-state index contributed by atoms with van der Waals surface area (Å²) in [6.07, 6.45) is -2.38. The van der Waals surface area contributed by atoms with Gasteiger partial charge in [0.2, 0.25) is 5.91 Å². The lowest BCUT2D eigenvalue weighted by molar-refractivity contribution is -0.164. The third-order valence-electron chi connectivity index (χ3n) is 4.05. The quantitative estimate of drug-likeness (QED) is 0.701. The van der Waals surface area contributed by atoms with Crippen molar-refractivity contribution in [3.05, 3.63) is 0 Å². The normalized spacial score (nSPS) is 20.0. The van der Waals surface area contributed by atoms with Gasteiger partial charge >= 0.3 is 12.2 Å². The third kappa shape index (κ3) is 4.78. The zero-order valence-corrected chi connectivity index (χ0v) is 12.2. The molecule has 8 heteroatoms. The summed E-state index contributed by atoms with van der Waals surface area (Å²) in [7, 11) is 0. The van der Waals surface area contributed by atoms with Crippen LogP contribution in [0.15, 0.2) is 0 Å². The number of halogens is 3. The van der Waals surface area contributed by atoms with Gasteiger partial charge in [-0.2, -0.15) is 13.2 Å². The second kappa shape index (κ2) is 6.53. The zero-order chi connectivity index (χ0) is 16.3. The molecule has 0 unspecified atom stereocenters. The molecule has 0 saturated heterocycles. The SMILES string of the molecule is CC[C@H](C)[C@H](NC(=O)NC1(CC(N)=O)CCC1)C(F)(F)F. The average Bonchev–Trinajstić information content (AvgIpc) is 2.30. The van der Waals surface area contributed by atoms with Crippen LogP contribution in [0.4, 0.5) is 18.0 Å². The number of hydrogen-bond donors (Lipinski definition) is 3. The van der Waals surface area contributed by atoms with Gasteiger partial charge in [0.15, 0.2) is 0 Å². The fourth-order valence-corrected chi connectivity index (χ4v) is 2.48. The number of primary amides is 1. The lowest BCUT2D eigenvalue weighted by Crippen LogP contribution is -2.61. The second-order valence-corrected chi connectivity index (χ2v) is 5.78. The molecule has 1 rings (SSSR count). The molecule has 5 nitrogen and oxygen atoms in total. The molecule has 0 aromatic carbocycles. The van der Waals surface area contributed by atoms with E-state index in [4.69, 9.17) is 5.73 Å². The molecule has 4 N–H and O–H groups in total. The molecule has 21 heavy (non-hydrogen) atoms. The van der Waals surface area contributed by atoms with Crippen LogP contribution in [0.1, 0.15) is 46.0 Å². The molecule has 1 aliphatic carbocycles. The molecule has 0 aromatic heterocycles. The van der Waals surface area contributed by atoms with Gasteiger partial charge in [0.25, 0.3) is 0 Å². The molecule has 1 saturated carbocycles. The Morgan fingerprint density at radius 1 is 1.33 bits per heavy atom. The Bertz CT molecular complexity index is 395. The van der Waals surface area contributed by atoms with Crippen molar-refractivity contribution in [2.75, 3.05) is 0 Å². The van der Waals surface area contributed by atoms with Crippen LogP contribution in [0, 0.1) is 5.92 Å². The van der Waals surface area contributed by atoms with Crippen LogP contribution < -0.4 is 16.4 Å². The van der Waals surface area contributed by atoms with E-state index in [1.165, 1.54) is 6.92 Å². The average molecular weight is 309 g/mol. The van der Waals surface area contributed by atoms with Crippen LogP contribution >= 0.6 is 0 Å². The van der Waals surface area contributed by atoms with Gasteiger partial charge in [-0.05, 0) is 25.2 Å². The van der Waals surface area contributed by atoms with Crippen molar-refractivity contribution in [1.82, 2.24) is 10.6 Å². The van der Waals surface area contributed by atoms with E-state index in [0.717, 1.165) is 6.42 Å². The molecule has 3 amide bonds. The van der Waals surface area contributed by atoms with Crippen molar-refractivity contribution >= 4 is 11.9 Å². The van der Waals surface area contributed by atoms with E-state index in [2.05, 4.69) is 5.32 Å². The molecule has 2 atom stereocenters. The first-order valence-electron chi connectivity index (χ1n) is 7.03. The Kier molecular flexibility index (Phi) is 5.47. The molecule has 0 radical (unpaired) electrons. The number of nitrogens with one attached hydrogen (secondary N) is 2. The van der Waals surface area contributed by atoms with E-state index in [1.54, 1.807) is 6.92 Å². The fourth-order valence-electron chi connectivity index (χ4n) is 2.48. The highest BCUT2D eigenvalue weighted by atomic mass is 19.4. The Labute approximate surface area is 121 Å². The predicted molar refractivity (Wildman–Crippen MR) is 71.4 cm³/mol. The number of amides is 3.